The fourth-order valence-corrected chi connectivity index (χ4v) is 3.23. The van der Waals surface area contributed by atoms with Gasteiger partial charge in [-0.05, 0) is 55.0 Å². The van der Waals surface area contributed by atoms with Gasteiger partial charge in [-0.3, -0.25) is 4.79 Å². The summed E-state index contributed by atoms with van der Waals surface area (Å²) >= 11 is 0. The lowest BCUT2D eigenvalue weighted by Gasteiger charge is -2.23. The number of halogens is 1. The van der Waals surface area contributed by atoms with Crippen LogP contribution in [0.3, 0.4) is 0 Å². The average Bonchev–Trinajstić information content (AvgIpc) is 2.52. The minimum absolute atomic E-state index is 0.210. The molecular weight excluding hydrogens is 275 g/mol. The maximum Gasteiger partial charge on any atom is 0.161 e. The van der Waals surface area contributed by atoms with Gasteiger partial charge in [0.25, 0.3) is 0 Å². The lowest BCUT2D eigenvalue weighted by molar-refractivity contribution is -0.120. The van der Waals surface area contributed by atoms with Crippen LogP contribution in [0, 0.1) is 11.7 Å². The normalized spacial score (nSPS) is 20.5. The maximum atomic E-state index is 12.9. The third-order valence-corrected chi connectivity index (χ3v) is 4.55. The Kier molecular flexibility index (Phi) is 6.82. The van der Waals surface area contributed by atoms with Crippen LogP contribution in [-0.4, -0.2) is 5.78 Å². The van der Waals surface area contributed by atoms with Gasteiger partial charge in [-0.1, -0.05) is 51.2 Å². The van der Waals surface area contributed by atoms with Crippen molar-refractivity contribution >= 4 is 11.9 Å². The fourth-order valence-electron chi connectivity index (χ4n) is 3.23. The quantitative estimate of drug-likeness (QED) is 0.450. The van der Waals surface area contributed by atoms with Gasteiger partial charge in [0.05, 0.1) is 0 Å². The van der Waals surface area contributed by atoms with E-state index in [1.54, 1.807) is 12.1 Å². The number of hydrogen-bond acceptors (Lipinski definition) is 1. The lowest BCUT2D eigenvalue weighted by atomic mass is 9.80. The molecule has 0 spiro atoms. The molecule has 1 unspecified atom stereocenters. The van der Waals surface area contributed by atoms with Crippen LogP contribution in [0.5, 0.6) is 0 Å². The molecule has 0 heterocycles. The average molecular weight is 302 g/mol. The Bertz CT molecular complexity index is 501. The number of unbranched alkanes of at least 4 members (excludes halogenated alkanes) is 4. The number of hydrogen-bond donors (Lipinski definition) is 0. The second-order valence-corrected chi connectivity index (χ2v) is 6.38. The first-order chi connectivity index (χ1) is 10.7. The molecule has 0 saturated heterocycles. The summed E-state index contributed by atoms with van der Waals surface area (Å²) in [5.74, 6) is 0.301. The minimum Gasteiger partial charge on any atom is -0.294 e. The van der Waals surface area contributed by atoms with E-state index in [0.29, 0.717) is 5.78 Å². The molecule has 1 atom stereocenters. The Morgan fingerprint density at radius 3 is 2.59 bits per heavy atom. The Hall–Kier alpha value is -1.44. The van der Waals surface area contributed by atoms with Crippen molar-refractivity contribution in [3.63, 3.8) is 0 Å². The number of ketones is 1. The SMILES string of the molecule is CCCCCCCC1CCCC(=Cc2ccc(F)cc2)C1=O. The molecule has 0 aromatic heterocycles. The van der Waals surface area contributed by atoms with Crippen molar-refractivity contribution < 1.29 is 9.18 Å². The Balaban J connectivity index is 1.90. The molecule has 1 aliphatic rings. The molecule has 0 bridgehead atoms. The van der Waals surface area contributed by atoms with Crippen LogP contribution in [0.1, 0.15) is 70.3 Å². The van der Waals surface area contributed by atoms with E-state index < -0.39 is 0 Å². The third kappa shape index (κ3) is 5.08. The zero-order chi connectivity index (χ0) is 15.8. The van der Waals surface area contributed by atoms with E-state index >= 15 is 0 Å². The molecule has 120 valence electrons. The van der Waals surface area contributed by atoms with Gasteiger partial charge in [0.2, 0.25) is 0 Å². The Morgan fingerprint density at radius 1 is 1.14 bits per heavy atom. The molecule has 0 N–H and O–H groups in total. The van der Waals surface area contributed by atoms with Crippen molar-refractivity contribution in [2.45, 2.75) is 64.7 Å². The second-order valence-electron chi connectivity index (χ2n) is 6.38. The molecule has 1 nitrogen and oxygen atoms in total. The Morgan fingerprint density at radius 2 is 1.86 bits per heavy atom. The summed E-state index contributed by atoms with van der Waals surface area (Å²) in [5, 5.41) is 0. The molecule has 1 aliphatic carbocycles. The first kappa shape index (κ1) is 16.9. The lowest BCUT2D eigenvalue weighted by Crippen LogP contribution is -2.21. The predicted octanol–water partition coefficient (Wildman–Crippen LogP) is 5.94. The van der Waals surface area contributed by atoms with E-state index in [2.05, 4.69) is 6.92 Å². The highest BCUT2D eigenvalue weighted by Crippen LogP contribution is 2.30. The number of allylic oxidation sites excluding steroid dienone is 1. The monoisotopic (exact) mass is 302 g/mol. The van der Waals surface area contributed by atoms with Crippen LogP contribution in [0.25, 0.3) is 6.08 Å². The molecule has 2 heteroatoms. The largest absolute Gasteiger partial charge is 0.294 e. The van der Waals surface area contributed by atoms with E-state index in [4.69, 9.17) is 0 Å². The molecule has 22 heavy (non-hydrogen) atoms. The number of rotatable bonds is 7. The first-order valence-electron chi connectivity index (χ1n) is 8.71. The molecule has 1 saturated carbocycles. The minimum atomic E-state index is -0.234. The smallest absolute Gasteiger partial charge is 0.161 e. The summed E-state index contributed by atoms with van der Waals surface area (Å²) in [6.07, 6.45) is 12.2. The van der Waals surface area contributed by atoms with Crippen molar-refractivity contribution in [3.05, 3.63) is 41.2 Å². The predicted molar refractivity (Wildman–Crippen MR) is 90.1 cm³/mol. The van der Waals surface area contributed by atoms with Crippen LogP contribution in [0.4, 0.5) is 4.39 Å². The standard InChI is InChI=1S/C20H27FO/c1-2-3-4-5-6-8-17-9-7-10-18(20(17)22)15-16-11-13-19(21)14-12-16/h11-15,17H,2-10H2,1H3. The molecular formula is C20H27FO. The van der Waals surface area contributed by atoms with Gasteiger partial charge in [0.1, 0.15) is 5.82 Å². The van der Waals surface area contributed by atoms with Gasteiger partial charge in [0, 0.05) is 5.92 Å². The van der Waals surface area contributed by atoms with Crippen molar-refractivity contribution in [1.29, 1.82) is 0 Å². The van der Waals surface area contributed by atoms with Gasteiger partial charge < -0.3 is 0 Å². The van der Waals surface area contributed by atoms with Gasteiger partial charge in [-0.15, -0.1) is 0 Å². The van der Waals surface area contributed by atoms with Crippen LogP contribution < -0.4 is 0 Å². The van der Waals surface area contributed by atoms with E-state index in [9.17, 15) is 9.18 Å². The summed E-state index contributed by atoms with van der Waals surface area (Å²) in [6.45, 7) is 2.22. The molecule has 1 fully saturated rings. The number of benzene rings is 1. The van der Waals surface area contributed by atoms with Crippen molar-refractivity contribution in [2.75, 3.05) is 0 Å². The van der Waals surface area contributed by atoms with Crippen LogP contribution in [-0.2, 0) is 4.79 Å². The fraction of sp³-hybridized carbons (Fsp3) is 0.550. The van der Waals surface area contributed by atoms with Gasteiger partial charge >= 0.3 is 0 Å². The summed E-state index contributed by atoms with van der Waals surface area (Å²) in [7, 11) is 0. The van der Waals surface area contributed by atoms with Gasteiger partial charge in [0.15, 0.2) is 5.78 Å². The Labute approximate surface area is 133 Å². The molecule has 0 radical (unpaired) electrons. The zero-order valence-corrected chi connectivity index (χ0v) is 13.6. The second kappa shape index (κ2) is 8.87. The van der Waals surface area contributed by atoms with Crippen LogP contribution >= 0.6 is 0 Å². The first-order valence-corrected chi connectivity index (χ1v) is 8.71. The van der Waals surface area contributed by atoms with Gasteiger partial charge in [-0.2, -0.15) is 0 Å². The summed E-state index contributed by atoms with van der Waals surface area (Å²) in [4.78, 5) is 12.6. The molecule has 1 aromatic carbocycles. The molecule has 1 aromatic rings. The number of Topliss-reactive ketones (excluding diaryl/α,β-unsaturated/α-hetero) is 1. The summed E-state index contributed by atoms with van der Waals surface area (Å²) in [6, 6.07) is 6.38. The van der Waals surface area contributed by atoms with E-state index in [1.165, 1.54) is 44.2 Å². The van der Waals surface area contributed by atoms with Crippen molar-refractivity contribution in [3.8, 4) is 0 Å². The van der Waals surface area contributed by atoms with E-state index in [0.717, 1.165) is 36.8 Å². The molecule has 0 amide bonds. The molecule has 0 aliphatic heterocycles. The van der Waals surface area contributed by atoms with Crippen LogP contribution in [0.2, 0.25) is 0 Å². The topological polar surface area (TPSA) is 17.1 Å². The zero-order valence-electron chi connectivity index (χ0n) is 13.6. The van der Waals surface area contributed by atoms with Crippen LogP contribution in [0.15, 0.2) is 29.8 Å². The number of carbonyl (C=O) groups excluding carboxylic acids is 1. The summed E-state index contributed by atoms with van der Waals surface area (Å²) < 4.78 is 12.9. The van der Waals surface area contributed by atoms with Crippen molar-refractivity contribution in [2.24, 2.45) is 5.92 Å². The van der Waals surface area contributed by atoms with Crippen molar-refractivity contribution in [1.82, 2.24) is 0 Å². The highest BCUT2D eigenvalue weighted by atomic mass is 19.1. The number of carbonyl (C=O) groups is 1. The third-order valence-electron chi connectivity index (χ3n) is 4.55. The summed E-state index contributed by atoms with van der Waals surface area (Å²) in [5.41, 5.74) is 1.85. The molecule has 2 rings (SSSR count). The highest BCUT2D eigenvalue weighted by molar-refractivity contribution is 6.01. The maximum absolute atomic E-state index is 12.9. The van der Waals surface area contributed by atoms with E-state index in [1.807, 2.05) is 6.08 Å². The van der Waals surface area contributed by atoms with E-state index in [-0.39, 0.29) is 11.7 Å². The highest BCUT2D eigenvalue weighted by Gasteiger charge is 2.25. The van der Waals surface area contributed by atoms with Gasteiger partial charge in [-0.25, -0.2) is 4.39 Å².